The Labute approximate surface area is 264 Å². The Balaban J connectivity index is 1.15. The Morgan fingerprint density at radius 3 is 1.39 bits per heavy atom. The summed E-state index contributed by atoms with van der Waals surface area (Å²) in [5.74, 6) is -0.0582. The first kappa shape index (κ1) is 29.4. The number of nitrogens with one attached hydrogen (secondary N) is 2. The van der Waals surface area contributed by atoms with E-state index in [0.717, 1.165) is 54.1 Å². The van der Waals surface area contributed by atoms with E-state index in [-0.39, 0.29) is 11.8 Å². The zero-order valence-corrected chi connectivity index (χ0v) is 25.5. The normalized spacial score (nSPS) is 11.0. The van der Waals surface area contributed by atoms with Crippen LogP contribution in [0.1, 0.15) is 24.0 Å². The van der Waals surface area contributed by atoms with Gasteiger partial charge >= 0.3 is 0 Å². The number of aryl methyl sites for hydroxylation is 2. The number of aromatic nitrogens is 2. The Morgan fingerprint density at radius 1 is 0.523 bits per heavy atom. The summed E-state index contributed by atoms with van der Waals surface area (Å²) in [7, 11) is 3.19. The predicted molar refractivity (Wildman–Crippen MR) is 182 cm³/mol. The highest BCUT2D eigenvalue weighted by molar-refractivity contribution is 8.76. The van der Waals surface area contributed by atoms with E-state index >= 15 is 0 Å². The molecular formula is C36H30N4O2S2. The second kappa shape index (κ2) is 14.2. The van der Waals surface area contributed by atoms with Gasteiger partial charge in [0.05, 0.1) is 22.4 Å². The number of nitrogens with zero attached hydrogens (tertiary/aromatic N) is 2. The van der Waals surface area contributed by atoms with Crippen molar-refractivity contribution in [1.82, 2.24) is 9.97 Å². The lowest BCUT2D eigenvalue weighted by atomic mass is 10.1. The smallest absolute Gasteiger partial charge is 0.224 e. The highest BCUT2D eigenvalue weighted by Gasteiger charge is 2.14. The van der Waals surface area contributed by atoms with Crippen molar-refractivity contribution in [3.8, 4) is 0 Å². The Hall–Kier alpha value is -4.66. The van der Waals surface area contributed by atoms with E-state index in [9.17, 15) is 9.59 Å². The molecule has 2 heterocycles. The number of benzene rings is 4. The molecule has 6 rings (SSSR count). The molecule has 0 aliphatic heterocycles. The molecule has 6 aromatic rings. The molecular weight excluding hydrogens is 585 g/mol. The minimum absolute atomic E-state index is 0.0291. The summed E-state index contributed by atoms with van der Waals surface area (Å²) in [6.07, 6.45) is 5.72. The first-order valence-corrected chi connectivity index (χ1v) is 16.6. The van der Waals surface area contributed by atoms with Crippen LogP contribution in [0.2, 0.25) is 0 Å². The number of amides is 2. The third-order valence-corrected chi connectivity index (χ3v) is 9.63. The van der Waals surface area contributed by atoms with E-state index in [1.165, 1.54) is 0 Å². The largest absolute Gasteiger partial charge is 0.325 e. The van der Waals surface area contributed by atoms with Crippen molar-refractivity contribution in [3.05, 3.63) is 133 Å². The average Bonchev–Trinajstić information content (AvgIpc) is 3.07. The number of anilines is 2. The molecule has 2 aromatic heterocycles. The lowest BCUT2D eigenvalue weighted by Crippen LogP contribution is -2.12. The van der Waals surface area contributed by atoms with E-state index in [2.05, 4.69) is 20.6 Å². The summed E-state index contributed by atoms with van der Waals surface area (Å²) in [6, 6.07) is 35.6. The SMILES string of the molecule is O=C(CCc1ccccc1)Nc1ccc(SSc2ccc(NC(=O)CCc3ccccc3)c3cccnc23)c2ncccc12. The molecule has 0 spiro atoms. The molecule has 0 aliphatic rings. The molecule has 0 fully saturated rings. The quantitative estimate of drug-likeness (QED) is 0.142. The van der Waals surface area contributed by atoms with Crippen LogP contribution in [0.3, 0.4) is 0 Å². The molecule has 2 N–H and O–H groups in total. The fraction of sp³-hybridized carbons (Fsp3) is 0.111. The van der Waals surface area contributed by atoms with Crippen LogP contribution >= 0.6 is 21.6 Å². The zero-order chi connectivity index (χ0) is 30.1. The van der Waals surface area contributed by atoms with Crippen molar-refractivity contribution in [2.24, 2.45) is 0 Å². The van der Waals surface area contributed by atoms with Gasteiger partial charge < -0.3 is 10.6 Å². The van der Waals surface area contributed by atoms with Gasteiger partial charge in [0.1, 0.15) is 0 Å². The summed E-state index contributed by atoms with van der Waals surface area (Å²) in [4.78, 5) is 36.8. The monoisotopic (exact) mass is 614 g/mol. The van der Waals surface area contributed by atoms with Gasteiger partial charge in [0.15, 0.2) is 0 Å². The predicted octanol–water partition coefficient (Wildman–Crippen LogP) is 8.73. The summed E-state index contributed by atoms with van der Waals surface area (Å²) in [6.45, 7) is 0. The Morgan fingerprint density at radius 2 is 0.955 bits per heavy atom. The maximum atomic E-state index is 12.8. The summed E-state index contributed by atoms with van der Waals surface area (Å²) < 4.78 is 0. The molecule has 0 bridgehead atoms. The van der Waals surface area contributed by atoms with Crippen molar-refractivity contribution in [2.75, 3.05) is 10.6 Å². The van der Waals surface area contributed by atoms with Crippen molar-refractivity contribution < 1.29 is 9.59 Å². The summed E-state index contributed by atoms with van der Waals surface area (Å²) in [5.41, 5.74) is 5.42. The number of pyridine rings is 2. The van der Waals surface area contributed by atoms with Gasteiger partial charge in [0.25, 0.3) is 0 Å². The number of rotatable bonds is 11. The van der Waals surface area contributed by atoms with Crippen LogP contribution < -0.4 is 10.6 Å². The third-order valence-electron chi connectivity index (χ3n) is 7.20. The molecule has 0 atom stereocenters. The van der Waals surface area contributed by atoms with Gasteiger partial charge in [-0.3, -0.25) is 19.6 Å². The van der Waals surface area contributed by atoms with E-state index in [0.29, 0.717) is 25.7 Å². The molecule has 0 saturated carbocycles. The van der Waals surface area contributed by atoms with Gasteiger partial charge in [-0.25, -0.2) is 0 Å². The molecule has 0 aliphatic carbocycles. The number of hydrogen-bond donors (Lipinski definition) is 2. The molecule has 44 heavy (non-hydrogen) atoms. The van der Waals surface area contributed by atoms with Crippen LogP contribution in [-0.4, -0.2) is 21.8 Å². The van der Waals surface area contributed by atoms with Crippen molar-refractivity contribution in [2.45, 2.75) is 35.5 Å². The number of carbonyl (C=O) groups is 2. The fourth-order valence-corrected chi connectivity index (χ4v) is 7.22. The van der Waals surface area contributed by atoms with Crippen molar-refractivity contribution >= 4 is 66.6 Å². The van der Waals surface area contributed by atoms with Gasteiger partial charge in [-0.15, -0.1) is 0 Å². The molecule has 218 valence electrons. The highest BCUT2D eigenvalue weighted by atomic mass is 33.1. The molecule has 6 nitrogen and oxygen atoms in total. The topological polar surface area (TPSA) is 84.0 Å². The van der Waals surface area contributed by atoms with Crippen molar-refractivity contribution in [1.29, 1.82) is 0 Å². The number of hydrogen-bond acceptors (Lipinski definition) is 6. The number of carbonyl (C=O) groups excluding carboxylic acids is 2. The number of fused-ring (bicyclic) bond motifs is 2. The van der Waals surface area contributed by atoms with Gasteiger partial charge in [-0.1, -0.05) is 82.3 Å². The lowest BCUT2D eigenvalue weighted by Gasteiger charge is -2.13. The molecule has 4 aromatic carbocycles. The van der Waals surface area contributed by atoms with E-state index in [1.54, 1.807) is 34.0 Å². The van der Waals surface area contributed by atoms with E-state index in [4.69, 9.17) is 0 Å². The minimum Gasteiger partial charge on any atom is -0.325 e. The Bertz CT molecular complexity index is 1780. The van der Waals surface area contributed by atoms with Crippen LogP contribution in [0.4, 0.5) is 11.4 Å². The molecule has 0 saturated heterocycles. The second-order valence-electron chi connectivity index (χ2n) is 10.3. The fourth-order valence-electron chi connectivity index (χ4n) is 4.97. The third kappa shape index (κ3) is 7.27. The molecule has 0 unspecified atom stereocenters. The second-order valence-corrected chi connectivity index (χ2v) is 12.5. The first-order valence-electron chi connectivity index (χ1n) is 14.4. The highest BCUT2D eigenvalue weighted by Crippen LogP contribution is 2.44. The Kier molecular flexibility index (Phi) is 9.50. The van der Waals surface area contributed by atoms with Gasteiger partial charge in [-0.2, -0.15) is 0 Å². The average molecular weight is 615 g/mol. The summed E-state index contributed by atoms with van der Waals surface area (Å²) >= 11 is 0. The van der Waals surface area contributed by atoms with E-state index < -0.39 is 0 Å². The van der Waals surface area contributed by atoms with E-state index in [1.807, 2.05) is 109 Å². The lowest BCUT2D eigenvalue weighted by molar-refractivity contribution is -0.117. The summed E-state index contributed by atoms with van der Waals surface area (Å²) in [5, 5.41) is 7.94. The molecule has 2 amide bonds. The van der Waals surface area contributed by atoms with Crippen LogP contribution in [0.15, 0.2) is 131 Å². The molecule has 0 radical (unpaired) electrons. The van der Waals surface area contributed by atoms with Crippen LogP contribution in [0.5, 0.6) is 0 Å². The van der Waals surface area contributed by atoms with Gasteiger partial charge in [0.2, 0.25) is 11.8 Å². The standard InChI is InChI=1S/C36H30N4O2S2/c41-33(21-15-25-9-3-1-4-10-25)39-29-17-19-31(35-27(29)13-7-23-37-35)43-44-32-20-18-30(28-14-8-24-38-36(28)32)40-34(42)22-16-26-11-5-2-6-12-26/h1-14,17-20,23-24H,15-16,21-22H2,(H,39,41)(H,40,42). The minimum atomic E-state index is -0.0291. The van der Waals surface area contributed by atoms with Crippen LogP contribution in [0, 0.1) is 0 Å². The van der Waals surface area contributed by atoms with Gasteiger partial charge in [-0.05, 0) is 72.5 Å². The maximum absolute atomic E-state index is 12.8. The first-order chi connectivity index (χ1) is 21.6. The molecule has 8 heteroatoms. The zero-order valence-electron chi connectivity index (χ0n) is 23.9. The van der Waals surface area contributed by atoms with Crippen LogP contribution in [-0.2, 0) is 22.4 Å². The van der Waals surface area contributed by atoms with Gasteiger partial charge in [0, 0.05) is 45.8 Å². The van der Waals surface area contributed by atoms with Crippen LogP contribution in [0.25, 0.3) is 21.8 Å². The maximum Gasteiger partial charge on any atom is 0.224 e. The van der Waals surface area contributed by atoms with Crippen molar-refractivity contribution in [3.63, 3.8) is 0 Å².